The third-order valence-electron chi connectivity index (χ3n) is 7.85. The first kappa shape index (κ1) is 26.9. The second-order valence-electron chi connectivity index (χ2n) is 10.6. The lowest BCUT2D eigenvalue weighted by molar-refractivity contribution is -0.153. The summed E-state index contributed by atoms with van der Waals surface area (Å²) in [6.45, 7) is 7.87. The fraction of sp³-hybridized carbons (Fsp3) is 0.483. The Morgan fingerprint density at radius 1 is 0.865 bits per heavy atom. The predicted molar refractivity (Wildman–Crippen MR) is 137 cm³/mol. The normalized spacial score (nSPS) is 18.9. The smallest absolute Gasteiger partial charge is 0.291 e. The van der Waals surface area contributed by atoms with Gasteiger partial charge in [0, 0.05) is 38.1 Å². The van der Waals surface area contributed by atoms with Gasteiger partial charge in [0.1, 0.15) is 17.7 Å². The molecule has 2 aliphatic heterocycles. The number of piperazine rings is 1. The lowest BCUT2D eigenvalue weighted by Crippen LogP contribution is -2.56. The van der Waals surface area contributed by atoms with Gasteiger partial charge in [0.05, 0.1) is 6.04 Å². The molecule has 1 unspecified atom stereocenters. The second kappa shape index (κ2) is 11.1. The maximum absolute atomic E-state index is 13.6. The molecule has 4 rings (SSSR count). The van der Waals surface area contributed by atoms with Crippen molar-refractivity contribution < 1.29 is 23.2 Å². The lowest BCUT2D eigenvalue weighted by atomic mass is 9.84. The van der Waals surface area contributed by atoms with E-state index in [0.717, 1.165) is 11.1 Å². The average molecular weight is 512 g/mol. The van der Waals surface area contributed by atoms with E-state index in [1.165, 1.54) is 29.2 Å². The number of rotatable bonds is 7. The van der Waals surface area contributed by atoms with Crippen LogP contribution in [0.2, 0.25) is 0 Å². The molecule has 2 heterocycles. The van der Waals surface area contributed by atoms with Crippen LogP contribution in [0.3, 0.4) is 0 Å². The van der Waals surface area contributed by atoms with E-state index in [2.05, 4.69) is 4.90 Å². The number of halogens is 2. The van der Waals surface area contributed by atoms with Gasteiger partial charge in [0.15, 0.2) is 0 Å². The highest BCUT2D eigenvalue weighted by Gasteiger charge is 2.43. The van der Waals surface area contributed by atoms with Crippen LogP contribution >= 0.6 is 0 Å². The van der Waals surface area contributed by atoms with E-state index in [4.69, 9.17) is 0 Å². The van der Waals surface area contributed by atoms with Crippen molar-refractivity contribution in [2.45, 2.75) is 52.1 Å². The third-order valence-corrected chi connectivity index (χ3v) is 7.85. The van der Waals surface area contributed by atoms with Crippen LogP contribution in [-0.2, 0) is 14.4 Å². The topological polar surface area (TPSA) is 60.9 Å². The minimum Gasteiger partial charge on any atom is -0.338 e. The summed E-state index contributed by atoms with van der Waals surface area (Å²) in [5.74, 6) is -1.77. The van der Waals surface area contributed by atoms with Crippen molar-refractivity contribution in [3.05, 3.63) is 71.3 Å². The Morgan fingerprint density at radius 3 is 1.86 bits per heavy atom. The number of carbonyl (C=O) groups is 3. The van der Waals surface area contributed by atoms with Gasteiger partial charge in [-0.25, -0.2) is 8.78 Å². The van der Waals surface area contributed by atoms with Gasteiger partial charge in [-0.1, -0.05) is 45.0 Å². The molecule has 2 aliphatic rings. The van der Waals surface area contributed by atoms with Crippen molar-refractivity contribution in [1.29, 1.82) is 0 Å². The van der Waals surface area contributed by atoms with Crippen LogP contribution in [0.4, 0.5) is 8.78 Å². The van der Waals surface area contributed by atoms with Gasteiger partial charge >= 0.3 is 0 Å². The number of nitrogens with zero attached hydrogens (tertiary/aromatic N) is 3. The molecule has 1 atom stereocenters. The molecule has 2 saturated heterocycles. The van der Waals surface area contributed by atoms with E-state index < -0.39 is 23.1 Å². The van der Waals surface area contributed by atoms with Crippen LogP contribution in [0.15, 0.2) is 48.5 Å². The molecule has 6 nitrogen and oxygen atoms in total. The molecular weight excluding hydrogens is 476 g/mol. The van der Waals surface area contributed by atoms with Crippen molar-refractivity contribution in [2.24, 2.45) is 5.41 Å². The number of hydrogen-bond acceptors (Lipinski definition) is 4. The average Bonchev–Trinajstić information content (AvgIpc) is 3.40. The first-order valence-corrected chi connectivity index (χ1v) is 13.0. The molecule has 2 amide bonds. The SMILES string of the molecule is CCC(C)(C)C(=O)C(=O)N1CCCC1C(=O)N1CCN(C(c2ccc(F)cc2)c2ccc(F)cc2)CC1. The minimum absolute atomic E-state index is 0.118. The van der Waals surface area contributed by atoms with Gasteiger partial charge in [0.2, 0.25) is 11.7 Å². The van der Waals surface area contributed by atoms with Gasteiger partial charge < -0.3 is 9.80 Å². The number of hydrogen-bond donors (Lipinski definition) is 0. The van der Waals surface area contributed by atoms with Crippen molar-refractivity contribution in [2.75, 3.05) is 32.7 Å². The molecule has 8 heteroatoms. The Bertz CT molecular complexity index is 1080. The molecule has 2 aromatic rings. The number of amides is 2. The summed E-state index contributed by atoms with van der Waals surface area (Å²) in [7, 11) is 0. The first-order valence-electron chi connectivity index (χ1n) is 13.0. The molecule has 0 bridgehead atoms. The molecule has 198 valence electrons. The van der Waals surface area contributed by atoms with E-state index in [0.29, 0.717) is 52.0 Å². The maximum atomic E-state index is 13.6. The van der Waals surface area contributed by atoms with Gasteiger partial charge in [-0.05, 0) is 54.7 Å². The van der Waals surface area contributed by atoms with Gasteiger partial charge in [-0.2, -0.15) is 0 Å². The largest absolute Gasteiger partial charge is 0.338 e. The highest BCUT2D eigenvalue weighted by atomic mass is 19.1. The van der Waals surface area contributed by atoms with E-state index in [1.54, 1.807) is 43.0 Å². The maximum Gasteiger partial charge on any atom is 0.291 e. The van der Waals surface area contributed by atoms with E-state index >= 15 is 0 Å². The zero-order valence-electron chi connectivity index (χ0n) is 21.8. The van der Waals surface area contributed by atoms with E-state index in [-0.39, 0.29) is 23.6 Å². The predicted octanol–water partition coefficient (Wildman–Crippen LogP) is 4.19. The summed E-state index contributed by atoms with van der Waals surface area (Å²) >= 11 is 0. The Labute approximate surface area is 217 Å². The molecule has 37 heavy (non-hydrogen) atoms. The lowest BCUT2D eigenvalue weighted by Gasteiger charge is -2.41. The van der Waals surface area contributed by atoms with Crippen LogP contribution in [0.5, 0.6) is 0 Å². The molecular formula is C29H35F2N3O3. The molecule has 0 N–H and O–H groups in total. The van der Waals surface area contributed by atoms with Crippen molar-refractivity contribution >= 4 is 17.6 Å². The van der Waals surface area contributed by atoms with Gasteiger partial charge in [0.25, 0.3) is 5.91 Å². The van der Waals surface area contributed by atoms with E-state index in [9.17, 15) is 23.2 Å². The van der Waals surface area contributed by atoms with Crippen LogP contribution in [0, 0.1) is 17.0 Å². The number of carbonyl (C=O) groups excluding carboxylic acids is 3. The zero-order valence-corrected chi connectivity index (χ0v) is 21.8. The Balaban J connectivity index is 1.46. The second-order valence-corrected chi connectivity index (χ2v) is 10.6. The fourth-order valence-corrected chi connectivity index (χ4v) is 5.16. The number of likely N-dealkylation sites (tertiary alicyclic amines) is 1. The highest BCUT2D eigenvalue weighted by molar-refractivity contribution is 6.38. The summed E-state index contributed by atoms with van der Waals surface area (Å²) in [6.07, 6.45) is 1.80. The molecule has 2 aromatic carbocycles. The summed E-state index contributed by atoms with van der Waals surface area (Å²) in [6, 6.07) is 11.8. The van der Waals surface area contributed by atoms with Crippen LogP contribution in [0.25, 0.3) is 0 Å². The fourth-order valence-electron chi connectivity index (χ4n) is 5.16. The minimum atomic E-state index is -0.755. The highest BCUT2D eigenvalue weighted by Crippen LogP contribution is 2.31. The molecule has 0 aliphatic carbocycles. The van der Waals surface area contributed by atoms with Crippen LogP contribution in [-0.4, -0.2) is 71.1 Å². The van der Waals surface area contributed by atoms with Crippen molar-refractivity contribution in [3.63, 3.8) is 0 Å². The van der Waals surface area contributed by atoms with Gasteiger partial charge in [-0.3, -0.25) is 19.3 Å². The molecule has 0 radical (unpaired) electrons. The summed E-state index contributed by atoms with van der Waals surface area (Å²) in [5.41, 5.74) is 1.02. The number of benzene rings is 2. The number of Topliss-reactive ketones (excluding diaryl/α,β-unsaturated/α-hetero) is 1. The first-order chi connectivity index (χ1) is 17.6. The quantitative estimate of drug-likeness (QED) is 0.523. The van der Waals surface area contributed by atoms with Gasteiger partial charge in [-0.15, -0.1) is 0 Å². The molecule has 0 spiro atoms. The third kappa shape index (κ3) is 5.74. The molecule has 0 saturated carbocycles. The Kier molecular flexibility index (Phi) is 8.07. The van der Waals surface area contributed by atoms with Crippen LogP contribution < -0.4 is 0 Å². The zero-order chi connectivity index (χ0) is 26.7. The van der Waals surface area contributed by atoms with E-state index in [1.807, 2.05) is 6.92 Å². The summed E-state index contributed by atoms with van der Waals surface area (Å²) < 4.78 is 27.2. The monoisotopic (exact) mass is 511 g/mol. The molecule has 2 fully saturated rings. The summed E-state index contributed by atoms with van der Waals surface area (Å²) in [4.78, 5) is 44.7. The van der Waals surface area contributed by atoms with Crippen molar-refractivity contribution in [3.8, 4) is 0 Å². The molecule has 0 aromatic heterocycles. The Morgan fingerprint density at radius 2 is 1.38 bits per heavy atom. The standard InChI is InChI=1S/C29H35F2N3O3/c1-4-29(2,3)26(35)28(37)34-15-5-6-24(34)27(36)33-18-16-32(17-19-33)25(20-7-11-22(30)12-8-20)21-9-13-23(31)14-10-21/h7-14,24-25H,4-6,15-19H2,1-3H3. The van der Waals surface area contributed by atoms with Crippen molar-refractivity contribution in [1.82, 2.24) is 14.7 Å². The van der Waals surface area contributed by atoms with Crippen LogP contribution in [0.1, 0.15) is 57.2 Å². The number of ketones is 1. The Hall–Kier alpha value is -3.13. The summed E-state index contributed by atoms with van der Waals surface area (Å²) in [5, 5.41) is 0.